The van der Waals surface area contributed by atoms with Gasteiger partial charge in [0.15, 0.2) is 0 Å². The van der Waals surface area contributed by atoms with E-state index < -0.39 is 0 Å². The van der Waals surface area contributed by atoms with E-state index in [0.717, 1.165) is 44.1 Å². The van der Waals surface area contributed by atoms with E-state index in [4.69, 9.17) is 9.47 Å². The fourth-order valence-electron chi connectivity index (χ4n) is 3.26. The van der Waals surface area contributed by atoms with E-state index >= 15 is 0 Å². The van der Waals surface area contributed by atoms with Crippen molar-refractivity contribution in [3.8, 4) is 5.75 Å². The topological polar surface area (TPSA) is 54.0 Å². The minimum atomic E-state index is -0.137. The minimum absolute atomic E-state index is 0.0587. The maximum atomic E-state index is 12.5. The number of nitrogens with one attached hydrogen (secondary N) is 1. The molecule has 1 amide bonds. The first-order valence-corrected chi connectivity index (χ1v) is 8.93. The van der Waals surface area contributed by atoms with Crippen molar-refractivity contribution in [3.05, 3.63) is 29.8 Å². The number of piperazine rings is 1. The second-order valence-corrected chi connectivity index (χ2v) is 6.58. The van der Waals surface area contributed by atoms with Crippen LogP contribution in [-0.2, 0) is 16.1 Å². The molecule has 1 aliphatic heterocycles. The zero-order chi connectivity index (χ0) is 18.2. The van der Waals surface area contributed by atoms with Crippen LogP contribution < -0.4 is 10.1 Å². The summed E-state index contributed by atoms with van der Waals surface area (Å²) in [5.41, 5.74) is 0.989. The lowest BCUT2D eigenvalue weighted by Crippen LogP contribution is -2.57. The molecule has 0 saturated carbocycles. The van der Waals surface area contributed by atoms with E-state index in [1.165, 1.54) is 0 Å². The Kier molecular flexibility index (Phi) is 7.68. The summed E-state index contributed by atoms with van der Waals surface area (Å²) in [7, 11) is 3.38. The number of hydrogen-bond acceptors (Lipinski definition) is 5. The first kappa shape index (κ1) is 19.7. The third kappa shape index (κ3) is 5.42. The van der Waals surface area contributed by atoms with Crippen LogP contribution in [0.1, 0.15) is 19.4 Å². The Morgan fingerprint density at radius 1 is 1.32 bits per heavy atom. The summed E-state index contributed by atoms with van der Waals surface area (Å²) in [4.78, 5) is 17.2. The van der Waals surface area contributed by atoms with Crippen LogP contribution in [0, 0.1) is 0 Å². The molecule has 2 atom stereocenters. The molecule has 140 valence electrons. The number of carbonyl (C=O) groups excluding carboxylic acids is 1. The monoisotopic (exact) mass is 349 g/mol. The number of para-hydroxylation sites is 1. The fourth-order valence-corrected chi connectivity index (χ4v) is 3.26. The van der Waals surface area contributed by atoms with Crippen LogP contribution in [0.4, 0.5) is 0 Å². The molecule has 1 aromatic rings. The van der Waals surface area contributed by atoms with Crippen LogP contribution in [0.15, 0.2) is 24.3 Å². The molecule has 1 aromatic carbocycles. The maximum Gasteiger partial charge on any atom is 0.237 e. The average molecular weight is 349 g/mol. The van der Waals surface area contributed by atoms with Gasteiger partial charge < -0.3 is 14.8 Å². The Hall–Kier alpha value is -1.63. The molecule has 1 aliphatic rings. The third-order valence-corrected chi connectivity index (χ3v) is 4.95. The quantitative estimate of drug-likeness (QED) is 0.768. The summed E-state index contributed by atoms with van der Waals surface area (Å²) in [6.45, 7) is 9.13. The van der Waals surface area contributed by atoms with E-state index in [-0.39, 0.29) is 11.9 Å². The standard InChI is InChI=1S/C19H31N3O3/c1-15-14-22(10-9-21(15)11-12-24-3)16(2)19(23)20-13-17-7-5-6-8-18(17)25-4/h5-8,15-16H,9-14H2,1-4H3,(H,20,23)/t15-,16+/m1/s1. The van der Waals surface area contributed by atoms with Crippen LogP contribution >= 0.6 is 0 Å². The zero-order valence-electron chi connectivity index (χ0n) is 15.8. The van der Waals surface area contributed by atoms with Gasteiger partial charge in [-0.2, -0.15) is 0 Å². The minimum Gasteiger partial charge on any atom is -0.496 e. The van der Waals surface area contributed by atoms with Gasteiger partial charge in [0.25, 0.3) is 0 Å². The van der Waals surface area contributed by atoms with Crippen LogP contribution in [0.2, 0.25) is 0 Å². The highest BCUT2D eigenvalue weighted by atomic mass is 16.5. The molecular formula is C19H31N3O3. The van der Waals surface area contributed by atoms with Crippen molar-refractivity contribution in [3.63, 3.8) is 0 Å². The molecule has 25 heavy (non-hydrogen) atoms. The van der Waals surface area contributed by atoms with Crippen LogP contribution in [-0.4, -0.2) is 74.8 Å². The number of nitrogens with zero attached hydrogens (tertiary/aromatic N) is 2. The molecule has 1 N–H and O–H groups in total. The highest BCUT2D eigenvalue weighted by Crippen LogP contribution is 2.17. The van der Waals surface area contributed by atoms with Crippen LogP contribution in [0.5, 0.6) is 5.75 Å². The smallest absolute Gasteiger partial charge is 0.237 e. The molecule has 1 heterocycles. The van der Waals surface area contributed by atoms with Gasteiger partial charge in [-0.05, 0) is 19.9 Å². The van der Waals surface area contributed by atoms with Gasteiger partial charge in [0.2, 0.25) is 5.91 Å². The maximum absolute atomic E-state index is 12.5. The number of hydrogen-bond donors (Lipinski definition) is 1. The molecule has 1 fully saturated rings. The van der Waals surface area contributed by atoms with Crippen LogP contribution in [0.3, 0.4) is 0 Å². The lowest BCUT2D eigenvalue weighted by atomic mass is 10.1. The number of methoxy groups -OCH3 is 2. The van der Waals surface area contributed by atoms with Crippen molar-refractivity contribution in [1.29, 1.82) is 0 Å². The average Bonchev–Trinajstić information content (AvgIpc) is 2.64. The molecule has 0 unspecified atom stereocenters. The molecule has 6 nitrogen and oxygen atoms in total. The number of amides is 1. The van der Waals surface area contributed by atoms with Crippen molar-refractivity contribution in [2.45, 2.75) is 32.5 Å². The van der Waals surface area contributed by atoms with Gasteiger partial charge >= 0.3 is 0 Å². The third-order valence-electron chi connectivity index (χ3n) is 4.95. The second-order valence-electron chi connectivity index (χ2n) is 6.58. The summed E-state index contributed by atoms with van der Waals surface area (Å²) in [6.07, 6.45) is 0. The number of carbonyl (C=O) groups is 1. The lowest BCUT2D eigenvalue weighted by Gasteiger charge is -2.41. The van der Waals surface area contributed by atoms with E-state index in [9.17, 15) is 4.79 Å². The SMILES string of the molecule is COCCN1CCN([C@@H](C)C(=O)NCc2ccccc2OC)C[C@H]1C. The van der Waals surface area contributed by atoms with E-state index in [1.54, 1.807) is 14.2 Å². The zero-order valence-corrected chi connectivity index (χ0v) is 15.8. The Morgan fingerprint density at radius 3 is 2.76 bits per heavy atom. The largest absolute Gasteiger partial charge is 0.496 e. The predicted molar refractivity (Wildman–Crippen MR) is 98.8 cm³/mol. The first-order chi connectivity index (χ1) is 12.1. The molecule has 0 spiro atoms. The van der Waals surface area contributed by atoms with E-state index in [2.05, 4.69) is 22.0 Å². The van der Waals surface area contributed by atoms with Gasteiger partial charge in [-0.15, -0.1) is 0 Å². The Bertz CT molecular complexity index is 552. The van der Waals surface area contributed by atoms with Gasteiger partial charge in [0.05, 0.1) is 19.8 Å². The first-order valence-electron chi connectivity index (χ1n) is 8.93. The highest BCUT2D eigenvalue weighted by Gasteiger charge is 2.29. The van der Waals surface area contributed by atoms with Crippen molar-refractivity contribution >= 4 is 5.91 Å². The van der Waals surface area contributed by atoms with Crippen molar-refractivity contribution in [2.75, 3.05) is 47.0 Å². The van der Waals surface area contributed by atoms with Gasteiger partial charge in [0, 0.05) is 51.4 Å². The molecule has 2 rings (SSSR count). The molecule has 1 saturated heterocycles. The summed E-state index contributed by atoms with van der Waals surface area (Å²) in [5, 5.41) is 3.04. The van der Waals surface area contributed by atoms with Gasteiger partial charge in [-0.3, -0.25) is 14.6 Å². The molecule has 6 heteroatoms. The summed E-state index contributed by atoms with van der Waals surface area (Å²) in [6, 6.07) is 8.05. The number of benzene rings is 1. The van der Waals surface area contributed by atoms with E-state index in [0.29, 0.717) is 12.6 Å². The number of rotatable bonds is 8. The van der Waals surface area contributed by atoms with Gasteiger partial charge in [0.1, 0.15) is 5.75 Å². The Labute approximate surface area is 151 Å². The fraction of sp³-hybridized carbons (Fsp3) is 0.632. The highest BCUT2D eigenvalue weighted by molar-refractivity contribution is 5.81. The second kappa shape index (κ2) is 9.75. The molecule has 0 bridgehead atoms. The van der Waals surface area contributed by atoms with E-state index in [1.807, 2.05) is 31.2 Å². The summed E-state index contributed by atoms with van der Waals surface area (Å²) in [5.74, 6) is 0.860. The van der Waals surface area contributed by atoms with Gasteiger partial charge in [-0.25, -0.2) is 0 Å². The Balaban J connectivity index is 1.84. The lowest BCUT2D eigenvalue weighted by molar-refractivity contribution is -0.127. The number of ether oxygens (including phenoxy) is 2. The molecule has 0 aromatic heterocycles. The van der Waals surface area contributed by atoms with Crippen molar-refractivity contribution in [1.82, 2.24) is 15.1 Å². The van der Waals surface area contributed by atoms with Crippen molar-refractivity contribution < 1.29 is 14.3 Å². The summed E-state index contributed by atoms with van der Waals surface area (Å²) >= 11 is 0. The van der Waals surface area contributed by atoms with Crippen LogP contribution in [0.25, 0.3) is 0 Å². The molecular weight excluding hydrogens is 318 g/mol. The normalized spacial score (nSPS) is 20.2. The van der Waals surface area contributed by atoms with Crippen molar-refractivity contribution in [2.24, 2.45) is 0 Å². The predicted octanol–water partition coefficient (Wildman–Crippen LogP) is 1.35. The van der Waals surface area contributed by atoms with Gasteiger partial charge in [-0.1, -0.05) is 18.2 Å². The summed E-state index contributed by atoms with van der Waals surface area (Å²) < 4.78 is 10.5. The Morgan fingerprint density at radius 2 is 2.08 bits per heavy atom. The molecule has 0 aliphatic carbocycles. The molecule has 0 radical (unpaired) electrons.